The molecule has 0 saturated carbocycles. The Morgan fingerprint density at radius 1 is 1.17 bits per heavy atom. The summed E-state index contributed by atoms with van der Waals surface area (Å²) in [4.78, 5) is 0.00565. The largest absolute Gasteiger partial charge is 0.416 e. The molecule has 0 spiro atoms. The molecule has 6 N–H and O–H groups in total. The molecule has 0 unspecified atom stereocenters. The predicted molar refractivity (Wildman–Crippen MR) is 106 cm³/mol. The first-order valence-electron chi connectivity index (χ1n) is 8.37. The average Bonchev–Trinajstić information content (AvgIpc) is 2.65. The normalized spacial score (nSPS) is 12.7. The Labute approximate surface area is 167 Å². The summed E-state index contributed by atoms with van der Waals surface area (Å²) in [6.45, 7) is 0.203. The Hall–Kier alpha value is -2.76. The molecule has 2 aromatic carbocycles. The van der Waals surface area contributed by atoms with Crippen molar-refractivity contribution in [1.29, 1.82) is 0 Å². The molecule has 29 heavy (non-hydrogen) atoms. The fraction of sp³-hybridized carbons (Fsp3) is 0.222. The van der Waals surface area contributed by atoms with Crippen LogP contribution in [0.5, 0.6) is 0 Å². The molecule has 11 heteroatoms. The quantitative estimate of drug-likeness (QED) is 0.397. The number of hydrazine groups is 1. The zero-order chi connectivity index (χ0) is 21.8. The summed E-state index contributed by atoms with van der Waals surface area (Å²) in [5, 5.41) is 4.28. The first-order valence-corrected chi connectivity index (χ1v) is 9.85. The molecular weight excluding hydrogens is 407 g/mol. The summed E-state index contributed by atoms with van der Waals surface area (Å²) in [5.74, 6) is 5.58. The summed E-state index contributed by atoms with van der Waals surface area (Å²) in [6, 6.07) is 9.03. The number of nitrogens with one attached hydrogen (secondary N) is 2. The number of alkyl halides is 3. The second kappa shape index (κ2) is 8.72. The van der Waals surface area contributed by atoms with E-state index in [-0.39, 0.29) is 17.1 Å². The van der Waals surface area contributed by atoms with Crippen LogP contribution < -0.4 is 21.6 Å². The highest BCUT2D eigenvalue weighted by molar-refractivity contribution is 7.89. The number of rotatable bonds is 7. The number of halogens is 3. The first-order chi connectivity index (χ1) is 13.4. The van der Waals surface area contributed by atoms with Gasteiger partial charge in [0.1, 0.15) is 0 Å². The van der Waals surface area contributed by atoms with Gasteiger partial charge in [0.15, 0.2) is 0 Å². The van der Waals surface area contributed by atoms with E-state index in [0.29, 0.717) is 16.8 Å². The maximum absolute atomic E-state index is 12.7. The minimum atomic E-state index is -4.40. The Kier molecular flexibility index (Phi) is 6.77. The molecule has 158 valence electrons. The molecule has 0 aromatic heterocycles. The van der Waals surface area contributed by atoms with Crippen LogP contribution in [0.25, 0.3) is 5.70 Å². The lowest BCUT2D eigenvalue weighted by molar-refractivity contribution is -0.137. The first kappa shape index (κ1) is 22.5. The van der Waals surface area contributed by atoms with E-state index < -0.39 is 21.8 Å². The van der Waals surface area contributed by atoms with E-state index in [2.05, 4.69) is 10.0 Å². The molecule has 2 aromatic rings. The smallest absolute Gasteiger partial charge is 0.397 e. The van der Waals surface area contributed by atoms with Crippen LogP contribution in [0.1, 0.15) is 16.7 Å². The highest BCUT2D eigenvalue weighted by atomic mass is 32.2. The van der Waals surface area contributed by atoms with Crippen LogP contribution in [0.2, 0.25) is 0 Å². The summed E-state index contributed by atoms with van der Waals surface area (Å²) in [6.07, 6.45) is -2.99. The molecule has 0 amide bonds. The predicted octanol–water partition coefficient (Wildman–Crippen LogP) is 2.29. The molecule has 0 aliphatic carbocycles. The fourth-order valence-corrected chi connectivity index (χ4v) is 3.26. The van der Waals surface area contributed by atoms with Gasteiger partial charge in [-0.05, 0) is 42.9 Å². The molecule has 0 radical (unpaired) electrons. The topological polar surface area (TPSA) is 113 Å². The number of hydrogen-bond acceptors (Lipinski definition) is 6. The van der Waals surface area contributed by atoms with Crippen LogP contribution in [0.15, 0.2) is 53.6 Å². The van der Waals surface area contributed by atoms with Crippen molar-refractivity contribution in [3.63, 3.8) is 0 Å². The summed E-state index contributed by atoms with van der Waals surface area (Å²) in [5.41, 5.74) is 7.00. The Morgan fingerprint density at radius 2 is 1.79 bits per heavy atom. The maximum atomic E-state index is 12.7. The lowest BCUT2D eigenvalue weighted by Gasteiger charge is -2.16. The molecule has 2 rings (SSSR count). The average molecular weight is 429 g/mol. The van der Waals surface area contributed by atoms with Gasteiger partial charge in [-0.3, -0.25) is 0 Å². The van der Waals surface area contributed by atoms with Crippen molar-refractivity contribution >= 4 is 21.4 Å². The van der Waals surface area contributed by atoms with Gasteiger partial charge in [0.05, 0.1) is 16.2 Å². The number of benzene rings is 2. The molecular formula is C18H22F3N5O2S. The van der Waals surface area contributed by atoms with Crippen molar-refractivity contribution in [1.82, 2.24) is 9.73 Å². The maximum Gasteiger partial charge on any atom is 0.416 e. The monoisotopic (exact) mass is 429 g/mol. The van der Waals surface area contributed by atoms with Gasteiger partial charge in [0.25, 0.3) is 0 Å². The third-order valence-corrected chi connectivity index (χ3v) is 5.40. The molecule has 0 aliphatic heterocycles. The molecule has 0 heterocycles. The summed E-state index contributed by atoms with van der Waals surface area (Å²) in [7, 11) is -0.855. The molecule has 0 fully saturated rings. The van der Waals surface area contributed by atoms with Gasteiger partial charge in [-0.2, -0.15) is 13.2 Å². The van der Waals surface area contributed by atoms with Gasteiger partial charge >= 0.3 is 6.18 Å². The molecule has 7 nitrogen and oxygen atoms in total. The van der Waals surface area contributed by atoms with E-state index in [1.807, 2.05) is 0 Å². The van der Waals surface area contributed by atoms with E-state index in [0.717, 1.165) is 12.1 Å². The van der Waals surface area contributed by atoms with Gasteiger partial charge in [-0.1, -0.05) is 12.1 Å². The number of anilines is 1. The molecule has 0 bridgehead atoms. The zero-order valence-electron chi connectivity index (χ0n) is 15.8. The SMILES string of the molecule is CNS(=O)(=O)c1ccc(NCc2ccc(C(F)(F)F)cc2)c(/C(N)=C/N(C)N)c1. The number of nitrogens with two attached hydrogens (primary N) is 2. The molecule has 0 atom stereocenters. The van der Waals surface area contributed by atoms with Crippen molar-refractivity contribution in [2.24, 2.45) is 11.6 Å². The second-order valence-corrected chi connectivity index (χ2v) is 8.10. The van der Waals surface area contributed by atoms with E-state index in [9.17, 15) is 21.6 Å². The van der Waals surface area contributed by atoms with E-state index in [1.165, 1.54) is 48.6 Å². The Morgan fingerprint density at radius 3 is 2.31 bits per heavy atom. The fourth-order valence-electron chi connectivity index (χ4n) is 2.50. The van der Waals surface area contributed by atoms with Crippen LogP contribution in [0.4, 0.5) is 18.9 Å². The van der Waals surface area contributed by atoms with Gasteiger partial charge in [-0.15, -0.1) is 0 Å². The highest BCUT2D eigenvalue weighted by Crippen LogP contribution is 2.29. The number of sulfonamides is 1. The van der Waals surface area contributed by atoms with Crippen LogP contribution in [-0.4, -0.2) is 27.5 Å². The van der Waals surface area contributed by atoms with Crippen molar-refractivity contribution in [3.8, 4) is 0 Å². The highest BCUT2D eigenvalue weighted by Gasteiger charge is 2.29. The van der Waals surface area contributed by atoms with Crippen molar-refractivity contribution < 1.29 is 21.6 Å². The van der Waals surface area contributed by atoms with Crippen molar-refractivity contribution in [2.75, 3.05) is 19.4 Å². The van der Waals surface area contributed by atoms with Gasteiger partial charge in [-0.25, -0.2) is 19.0 Å². The van der Waals surface area contributed by atoms with Crippen LogP contribution in [-0.2, 0) is 22.7 Å². The van der Waals surface area contributed by atoms with Crippen LogP contribution >= 0.6 is 0 Å². The van der Waals surface area contributed by atoms with Crippen molar-refractivity contribution in [2.45, 2.75) is 17.6 Å². The third kappa shape index (κ3) is 5.86. The van der Waals surface area contributed by atoms with Gasteiger partial charge in [0, 0.05) is 31.0 Å². The lowest BCUT2D eigenvalue weighted by Crippen LogP contribution is -2.21. The van der Waals surface area contributed by atoms with E-state index in [4.69, 9.17) is 11.6 Å². The van der Waals surface area contributed by atoms with Crippen LogP contribution in [0, 0.1) is 0 Å². The minimum Gasteiger partial charge on any atom is -0.397 e. The summed E-state index contributed by atoms with van der Waals surface area (Å²) >= 11 is 0. The van der Waals surface area contributed by atoms with Crippen LogP contribution in [0.3, 0.4) is 0 Å². The van der Waals surface area contributed by atoms with E-state index >= 15 is 0 Å². The molecule has 0 saturated heterocycles. The van der Waals surface area contributed by atoms with Gasteiger partial charge < -0.3 is 16.1 Å². The van der Waals surface area contributed by atoms with Gasteiger partial charge in [0.2, 0.25) is 10.0 Å². The molecule has 0 aliphatic rings. The number of hydrogen-bond donors (Lipinski definition) is 4. The number of nitrogens with zero attached hydrogens (tertiary/aromatic N) is 1. The Balaban J connectivity index is 2.34. The van der Waals surface area contributed by atoms with Crippen molar-refractivity contribution in [3.05, 3.63) is 65.4 Å². The standard InChI is InChI=1S/C18H22F3N5O2S/c1-24-29(27,28)14-7-8-17(15(9-14)16(22)11-26(2)23)25-10-12-3-5-13(6-4-12)18(19,20)21/h3-9,11,24-25H,10,22-23H2,1-2H3/b16-11-. The second-order valence-electron chi connectivity index (χ2n) is 6.21. The summed E-state index contributed by atoms with van der Waals surface area (Å²) < 4.78 is 64.4. The zero-order valence-corrected chi connectivity index (χ0v) is 16.6. The van der Waals surface area contributed by atoms with E-state index in [1.54, 1.807) is 7.05 Å². The third-order valence-electron chi connectivity index (χ3n) is 3.99. The minimum absolute atomic E-state index is 0.00565. The Bertz CT molecular complexity index is 988. The lowest BCUT2D eigenvalue weighted by atomic mass is 10.1.